The van der Waals surface area contributed by atoms with Crippen molar-refractivity contribution in [3.05, 3.63) is 30.3 Å². The lowest BCUT2D eigenvalue weighted by Crippen LogP contribution is -2.45. The van der Waals surface area contributed by atoms with Crippen molar-refractivity contribution in [3.8, 4) is 0 Å². The minimum atomic E-state index is -3.44. The fourth-order valence-electron chi connectivity index (χ4n) is 1.27. The average molecular weight is 228 g/mol. The van der Waals surface area contributed by atoms with E-state index in [0.29, 0.717) is 6.54 Å². The number of nitrogens with one attached hydrogen (secondary N) is 4. The molecule has 2 rings (SSSR count). The zero-order valence-corrected chi connectivity index (χ0v) is 8.71. The largest absolute Gasteiger partial charge is 0.241 e. The summed E-state index contributed by atoms with van der Waals surface area (Å²) in [6, 6.07) is 8.26. The smallest absolute Gasteiger partial charge is 0.241 e. The molecule has 1 fully saturated rings. The zero-order chi connectivity index (χ0) is 10.7. The van der Waals surface area contributed by atoms with Crippen LogP contribution in [0, 0.1) is 0 Å². The molecule has 15 heavy (non-hydrogen) atoms. The molecule has 1 atom stereocenters. The van der Waals surface area contributed by atoms with Crippen LogP contribution in [-0.4, -0.2) is 21.1 Å². The first-order valence-corrected chi connectivity index (χ1v) is 5.97. The Hall–Kier alpha value is -0.990. The van der Waals surface area contributed by atoms with E-state index in [2.05, 4.69) is 21.1 Å². The van der Waals surface area contributed by atoms with Crippen LogP contribution in [0.15, 0.2) is 35.2 Å². The predicted molar refractivity (Wildman–Crippen MR) is 54.8 cm³/mol. The fraction of sp³-hybridized carbons (Fsp3) is 0.250. The maximum absolute atomic E-state index is 11.8. The standard InChI is InChI=1S/C8H12N4O2S/c13-15(14,7-4-2-1-3-5-7)11-8-6-9-12-10-8/h1-5,8-12H,6H2. The lowest BCUT2D eigenvalue weighted by Gasteiger charge is -2.11. The van der Waals surface area contributed by atoms with E-state index in [-0.39, 0.29) is 11.1 Å². The Kier molecular flexibility index (Phi) is 2.98. The van der Waals surface area contributed by atoms with E-state index in [1.165, 1.54) is 0 Å². The lowest BCUT2D eigenvalue weighted by molar-refractivity contribution is 0.510. The third-order valence-electron chi connectivity index (χ3n) is 1.99. The van der Waals surface area contributed by atoms with Crippen molar-refractivity contribution >= 4 is 10.0 Å². The van der Waals surface area contributed by atoms with E-state index in [0.717, 1.165) is 0 Å². The molecule has 0 amide bonds. The highest BCUT2D eigenvalue weighted by Crippen LogP contribution is 2.07. The monoisotopic (exact) mass is 228 g/mol. The van der Waals surface area contributed by atoms with Gasteiger partial charge in [-0.05, 0) is 12.1 Å². The van der Waals surface area contributed by atoms with Gasteiger partial charge in [0.2, 0.25) is 10.0 Å². The summed E-state index contributed by atoms with van der Waals surface area (Å²) in [6.07, 6.45) is -0.338. The molecule has 0 bridgehead atoms. The quantitative estimate of drug-likeness (QED) is 0.528. The van der Waals surface area contributed by atoms with Crippen LogP contribution in [0.2, 0.25) is 0 Å². The number of benzene rings is 1. The van der Waals surface area contributed by atoms with Gasteiger partial charge in [0.15, 0.2) is 0 Å². The molecule has 6 nitrogen and oxygen atoms in total. The van der Waals surface area contributed by atoms with Crippen molar-refractivity contribution in [1.29, 1.82) is 0 Å². The van der Waals surface area contributed by atoms with Gasteiger partial charge in [-0.1, -0.05) is 18.2 Å². The van der Waals surface area contributed by atoms with Crippen molar-refractivity contribution in [2.75, 3.05) is 6.54 Å². The Morgan fingerprint density at radius 1 is 1.27 bits per heavy atom. The average Bonchev–Trinajstić information content (AvgIpc) is 2.71. The van der Waals surface area contributed by atoms with E-state index in [1.54, 1.807) is 30.3 Å². The zero-order valence-electron chi connectivity index (χ0n) is 7.90. The summed E-state index contributed by atoms with van der Waals surface area (Å²) in [6.45, 7) is 0.492. The topological polar surface area (TPSA) is 82.3 Å². The molecule has 1 aromatic carbocycles. The van der Waals surface area contributed by atoms with E-state index >= 15 is 0 Å². The second kappa shape index (κ2) is 4.25. The number of rotatable bonds is 3. The van der Waals surface area contributed by atoms with Gasteiger partial charge in [-0.2, -0.15) is 10.3 Å². The van der Waals surface area contributed by atoms with Crippen LogP contribution in [0.1, 0.15) is 0 Å². The molecule has 1 aliphatic rings. The Morgan fingerprint density at radius 2 is 2.00 bits per heavy atom. The number of hydrogen-bond donors (Lipinski definition) is 4. The Morgan fingerprint density at radius 3 is 2.60 bits per heavy atom. The normalized spacial score (nSPS) is 21.7. The molecular formula is C8H12N4O2S. The summed E-state index contributed by atoms with van der Waals surface area (Å²) < 4.78 is 26.1. The molecule has 4 N–H and O–H groups in total. The molecule has 0 aromatic heterocycles. The van der Waals surface area contributed by atoms with E-state index in [4.69, 9.17) is 0 Å². The van der Waals surface area contributed by atoms with Crippen LogP contribution in [0.25, 0.3) is 0 Å². The molecule has 1 aliphatic heterocycles. The van der Waals surface area contributed by atoms with Crippen LogP contribution < -0.4 is 21.1 Å². The first kappa shape index (κ1) is 10.5. The van der Waals surface area contributed by atoms with Gasteiger partial charge in [0.05, 0.1) is 11.1 Å². The molecule has 0 spiro atoms. The highest BCUT2D eigenvalue weighted by molar-refractivity contribution is 7.89. The number of hydrazine groups is 2. The van der Waals surface area contributed by atoms with Gasteiger partial charge in [-0.25, -0.2) is 19.3 Å². The molecule has 1 aromatic rings. The van der Waals surface area contributed by atoms with Gasteiger partial charge in [0.25, 0.3) is 0 Å². The summed E-state index contributed by atoms with van der Waals surface area (Å²) in [4.78, 5) is 0.263. The second-order valence-corrected chi connectivity index (χ2v) is 4.85. The van der Waals surface area contributed by atoms with Crippen molar-refractivity contribution in [2.45, 2.75) is 11.1 Å². The van der Waals surface area contributed by atoms with Crippen molar-refractivity contribution < 1.29 is 8.42 Å². The predicted octanol–water partition coefficient (Wildman–Crippen LogP) is -1.10. The van der Waals surface area contributed by atoms with Gasteiger partial charge >= 0.3 is 0 Å². The van der Waals surface area contributed by atoms with Gasteiger partial charge in [0, 0.05) is 6.54 Å². The van der Waals surface area contributed by atoms with Gasteiger partial charge in [-0.3, -0.25) is 0 Å². The molecule has 82 valence electrons. The molecule has 1 unspecified atom stereocenters. The van der Waals surface area contributed by atoms with Crippen LogP contribution in [0.4, 0.5) is 0 Å². The minimum absolute atomic E-state index is 0.263. The number of sulfonamides is 1. The van der Waals surface area contributed by atoms with E-state index in [9.17, 15) is 8.42 Å². The molecule has 0 saturated carbocycles. The first-order chi connectivity index (χ1) is 7.18. The van der Waals surface area contributed by atoms with Crippen molar-refractivity contribution in [1.82, 2.24) is 21.1 Å². The molecule has 0 radical (unpaired) electrons. The molecule has 1 saturated heterocycles. The summed E-state index contributed by atoms with van der Waals surface area (Å²) in [7, 11) is -3.44. The third-order valence-corrected chi connectivity index (χ3v) is 3.48. The van der Waals surface area contributed by atoms with Crippen molar-refractivity contribution in [2.24, 2.45) is 0 Å². The third kappa shape index (κ3) is 2.52. The Balaban J connectivity index is 2.13. The SMILES string of the molecule is O=S(=O)(NC1CNNN1)c1ccccc1. The summed E-state index contributed by atoms with van der Waals surface area (Å²) in [5.74, 6) is 0. The van der Waals surface area contributed by atoms with Crippen LogP contribution in [0.5, 0.6) is 0 Å². The van der Waals surface area contributed by atoms with E-state index < -0.39 is 10.0 Å². The van der Waals surface area contributed by atoms with Gasteiger partial charge in [-0.15, -0.1) is 0 Å². The summed E-state index contributed by atoms with van der Waals surface area (Å²) in [5, 5.41) is 0. The summed E-state index contributed by atoms with van der Waals surface area (Å²) in [5.41, 5.74) is 8.11. The van der Waals surface area contributed by atoms with Crippen LogP contribution in [0.3, 0.4) is 0 Å². The van der Waals surface area contributed by atoms with Crippen LogP contribution >= 0.6 is 0 Å². The molecular weight excluding hydrogens is 216 g/mol. The van der Waals surface area contributed by atoms with E-state index in [1.807, 2.05) is 0 Å². The van der Waals surface area contributed by atoms with Crippen LogP contribution in [-0.2, 0) is 10.0 Å². The summed E-state index contributed by atoms with van der Waals surface area (Å²) >= 11 is 0. The van der Waals surface area contributed by atoms with Gasteiger partial charge in [0.1, 0.15) is 0 Å². The molecule has 1 heterocycles. The number of hydrogen-bond acceptors (Lipinski definition) is 5. The fourth-order valence-corrected chi connectivity index (χ4v) is 2.44. The highest BCUT2D eigenvalue weighted by atomic mass is 32.2. The van der Waals surface area contributed by atoms with Crippen molar-refractivity contribution in [3.63, 3.8) is 0 Å². The van der Waals surface area contributed by atoms with Gasteiger partial charge < -0.3 is 0 Å². The maximum atomic E-state index is 11.8. The Labute approximate surface area is 88.1 Å². The molecule has 7 heteroatoms. The second-order valence-electron chi connectivity index (χ2n) is 3.14. The highest BCUT2D eigenvalue weighted by Gasteiger charge is 2.21. The maximum Gasteiger partial charge on any atom is 0.241 e. The lowest BCUT2D eigenvalue weighted by atomic mass is 10.4. The Bertz CT molecular complexity index is 414. The molecule has 0 aliphatic carbocycles. The first-order valence-electron chi connectivity index (χ1n) is 4.49. The minimum Gasteiger partial charge on any atom is -0.241 e.